The van der Waals surface area contributed by atoms with Crippen molar-refractivity contribution >= 4 is 29.5 Å². The lowest BCUT2D eigenvalue weighted by molar-refractivity contribution is -0.142. The summed E-state index contributed by atoms with van der Waals surface area (Å²) in [7, 11) is 0. The van der Waals surface area contributed by atoms with E-state index >= 15 is 0 Å². The summed E-state index contributed by atoms with van der Waals surface area (Å²) in [6.07, 6.45) is 3.88. The summed E-state index contributed by atoms with van der Waals surface area (Å²) in [5.74, 6) is 1.16. The van der Waals surface area contributed by atoms with Crippen LogP contribution in [0.25, 0.3) is 0 Å². The van der Waals surface area contributed by atoms with Gasteiger partial charge >= 0.3 is 0 Å². The van der Waals surface area contributed by atoms with Crippen LogP contribution in [0.15, 0.2) is 30.3 Å². The van der Waals surface area contributed by atoms with Gasteiger partial charge in [0, 0.05) is 32.1 Å². The van der Waals surface area contributed by atoms with Crippen molar-refractivity contribution in [1.29, 1.82) is 0 Å². The van der Waals surface area contributed by atoms with Crippen LogP contribution in [0.5, 0.6) is 5.75 Å². The Balaban J connectivity index is 1.89. The van der Waals surface area contributed by atoms with Gasteiger partial charge in [0.1, 0.15) is 11.8 Å². The zero-order chi connectivity index (χ0) is 22.6. The zero-order valence-corrected chi connectivity index (χ0v) is 19.7. The minimum absolute atomic E-state index is 0.0255. The van der Waals surface area contributed by atoms with Crippen LogP contribution in [0.1, 0.15) is 33.1 Å². The lowest BCUT2D eigenvalue weighted by atomic mass is 9.94. The molecule has 1 aromatic rings. The highest BCUT2D eigenvalue weighted by Crippen LogP contribution is 2.21. The molecule has 172 valence electrons. The van der Waals surface area contributed by atoms with E-state index in [0.29, 0.717) is 51.2 Å². The standard InChI is InChI=1S/C23H35N3O4S/c1-4-25(5-2)22(28)18-11-14-26(15-12-18)23(29)20(13-16-31-3)24-21(27)17-30-19-9-7-6-8-10-19/h6-10,18,20H,4-5,11-17H2,1-3H3,(H,24,27). The summed E-state index contributed by atoms with van der Waals surface area (Å²) in [5, 5.41) is 2.85. The average Bonchev–Trinajstić information content (AvgIpc) is 2.81. The largest absolute Gasteiger partial charge is 0.484 e. The molecule has 1 N–H and O–H groups in total. The summed E-state index contributed by atoms with van der Waals surface area (Å²) < 4.78 is 5.50. The van der Waals surface area contributed by atoms with Crippen molar-refractivity contribution in [3.63, 3.8) is 0 Å². The fourth-order valence-corrected chi connectivity index (χ4v) is 4.23. The molecule has 0 saturated carbocycles. The Bertz CT molecular complexity index is 704. The second kappa shape index (κ2) is 13.2. The van der Waals surface area contributed by atoms with Crippen molar-refractivity contribution in [1.82, 2.24) is 15.1 Å². The lowest BCUT2D eigenvalue weighted by Crippen LogP contribution is -2.52. The van der Waals surface area contributed by atoms with Crippen molar-refractivity contribution in [2.75, 3.05) is 44.8 Å². The molecule has 0 bridgehead atoms. The van der Waals surface area contributed by atoms with Gasteiger partial charge in [0.05, 0.1) is 0 Å². The Kier molecular flexibility index (Phi) is 10.7. The first-order valence-electron chi connectivity index (χ1n) is 11.0. The normalized spacial score (nSPS) is 15.3. The highest BCUT2D eigenvalue weighted by Gasteiger charge is 2.32. The molecule has 1 aliphatic heterocycles. The highest BCUT2D eigenvalue weighted by atomic mass is 32.2. The Morgan fingerprint density at radius 1 is 1.16 bits per heavy atom. The molecule has 0 radical (unpaired) electrons. The molecular weight excluding hydrogens is 414 g/mol. The van der Waals surface area contributed by atoms with Crippen LogP contribution in [0.3, 0.4) is 0 Å². The van der Waals surface area contributed by atoms with Crippen LogP contribution in [-0.4, -0.2) is 78.4 Å². The van der Waals surface area contributed by atoms with E-state index in [1.54, 1.807) is 28.8 Å². The van der Waals surface area contributed by atoms with E-state index in [9.17, 15) is 14.4 Å². The molecule has 7 nitrogen and oxygen atoms in total. The first-order chi connectivity index (χ1) is 15.0. The van der Waals surface area contributed by atoms with Gasteiger partial charge in [-0.25, -0.2) is 0 Å². The monoisotopic (exact) mass is 449 g/mol. The van der Waals surface area contributed by atoms with E-state index in [1.807, 2.05) is 43.2 Å². The van der Waals surface area contributed by atoms with Gasteiger partial charge in [-0.3, -0.25) is 14.4 Å². The smallest absolute Gasteiger partial charge is 0.258 e. The topological polar surface area (TPSA) is 79.0 Å². The molecule has 1 atom stereocenters. The van der Waals surface area contributed by atoms with Gasteiger partial charge in [-0.05, 0) is 57.3 Å². The third kappa shape index (κ3) is 7.76. The minimum Gasteiger partial charge on any atom is -0.484 e. The summed E-state index contributed by atoms with van der Waals surface area (Å²) in [6, 6.07) is 8.55. The van der Waals surface area contributed by atoms with Crippen LogP contribution >= 0.6 is 11.8 Å². The molecule has 1 saturated heterocycles. The van der Waals surface area contributed by atoms with Crippen molar-refractivity contribution in [3.8, 4) is 5.75 Å². The Morgan fingerprint density at radius 3 is 2.39 bits per heavy atom. The quantitative estimate of drug-likeness (QED) is 0.561. The van der Waals surface area contributed by atoms with Crippen molar-refractivity contribution in [2.24, 2.45) is 5.92 Å². The Labute approximate surface area is 189 Å². The molecule has 2 rings (SSSR count). The predicted molar refractivity (Wildman–Crippen MR) is 124 cm³/mol. The molecule has 0 spiro atoms. The molecule has 1 unspecified atom stereocenters. The number of amides is 3. The number of para-hydroxylation sites is 1. The zero-order valence-electron chi connectivity index (χ0n) is 18.8. The van der Waals surface area contributed by atoms with Crippen LogP contribution < -0.4 is 10.1 Å². The second-order valence-electron chi connectivity index (χ2n) is 7.61. The molecule has 1 aromatic carbocycles. The Morgan fingerprint density at radius 2 is 1.81 bits per heavy atom. The van der Waals surface area contributed by atoms with Gasteiger partial charge in [0.15, 0.2) is 6.61 Å². The van der Waals surface area contributed by atoms with Gasteiger partial charge in [-0.15, -0.1) is 0 Å². The summed E-state index contributed by atoms with van der Waals surface area (Å²) >= 11 is 1.64. The number of benzene rings is 1. The van der Waals surface area contributed by atoms with Crippen LogP contribution in [0, 0.1) is 5.92 Å². The molecule has 1 fully saturated rings. The third-order valence-electron chi connectivity index (χ3n) is 5.59. The van der Waals surface area contributed by atoms with E-state index < -0.39 is 6.04 Å². The number of rotatable bonds is 11. The number of hydrogen-bond acceptors (Lipinski definition) is 5. The van der Waals surface area contributed by atoms with E-state index in [0.717, 1.165) is 5.75 Å². The average molecular weight is 450 g/mol. The predicted octanol–water partition coefficient (Wildman–Crippen LogP) is 2.41. The van der Waals surface area contributed by atoms with Crippen molar-refractivity contribution in [2.45, 2.75) is 39.2 Å². The number of thioether (sulfide) groups is 1. The number of ether oxygens (including phenoxy) is 1. The molecule has 3 amide bonds. The van der Waals surface area contributed by atoms with Crippen LogP contribution in [-0.2, 0) is 14.4 Å². The number of carbonyl (C=O) groups excluding carboxylic acids is 3. The Hall–Kier alpha value is -2.22. The SMILES string of the molecule is CCN(CC)C(=O)C1CCN(C(=O)C(CCSC)NC(=O)COc2ccccc2)CC1. The van der Waals surface area contributed by atoms with Gasteiger partial charge in [0.25, 0.3) is 5.91 Å². The lowest BCUT2D eigenvalue weighted by Gasteiger charge is -2.35. The number of carbonyl (C=O) groups is 3. The highest BCUT2D eigenvalue weighted by molar-refractivity contribution is 7.98. The molecule has 0 aromatic heterocycles. The first-order valence-corrected chi connectivity index (χ1v) is 12.4. The summed E-state index contributed by atoms with van der Waals surface area (Å²) in [4.78, 5) is 41.7. The van der Waals surface area contributed by atoms with E-state index in [2.05, 4.69) is 5.32 Å². The number of nitrogens with one attached hydrogen (secondary N) is 1. The maximum atomic E-state index is 13.1. The fourth-order valence-electron chi connectivity index (χ4n) is 3.76. The molecule has 31 heavy (non-hydrogen) atoms. The maximum Gasteiger partial charge on any atom is 0.258 e. The fraction of sp³-hybridized carbons (Fsp3) is 0.609. The van der Waals surface area contributed by atoms with Crippen molar-refractivity contribution in [3.05, 3.63) is 30.3 Å². The minimum atomic E-state index is -0.575. The maximum absolute atomic E-state index is 13.1. The van der Waals surface area contributed by atoms with E-state index in [4.69, 9.17) is 4.74 Å². The van der Waals surface area contributed by atoms with Crippen LogP contribution in [0.4, 0.5) is 0 Å². The van der Waals surface area contributed by atoms with Gasteiger partial charge in [-0.1, -0.05) is 18.2 Å². The van der Waals surface area contributed by atoms with E-state index in [-0.39, 0.29) is 30.2 Å². The molecule has 0 aliphatic carbocycles. The first kappa shape index (κ1) is 25.0. The summed E-state index contributed by atoms with van der Waals surface area (Å²) in [6.45, 7) is 6.35. The number of nitrogens with zero attached hydrogens (tertiary/aromatic N) is 2. The van der Waals surface area contributed by atoms with Gasteiger partial charge in [0.2, 0.25) is 11.8 Å². The molecule has 8 heteroatoms. The van der Waals surface area contributed by atoms with Crippen molar-refractivity contribution < 1.29 is 19.1 Å². The summed E-state index contributed by atoms with van der Waals surface area (Å²) in [5.41, 5.74) is 0. The van der Waals surface area contributed by atoms with Gasteiger partial charge < -0.3 is 19.9 Å². The molecular formula is C23H35N3O4S. The van der Waals surface area contributed by atoms with Crippen LogP contribution in [0.2, 0.25) is 0 Å². The molecule has 1 heterocycles. The number of piperidine rings is 1. The number of hydrogen-bond donors (Lipinski definition) is 1. The second-order valence-corrected chi connectivity index (χ2v) is 8.60. The number of likely N-dealkylation sites (tertiary alicyclic amines) is 1. The molecule has 1 aliphatic rings. The third-order valence-corrected chi connectivity index (χ3v) is 6.23. The van der Waals surface area contributed by atoms with E-state index in [1.165, 1.54) is 0 Å². The van der Waals surface area contributed by atoms with Gasteiger partial charge in [-0.2, -0.15) is 11.8 Å².